The molecular formula is C30H35N5O5S. The Bertz CT molecular complexity index is 1480. The van der Waals surface area contributed by atoms with E-state index in [0.717, 1.165) is 11.1 Å². The second-order valence-electron chi connectivity index (χ2n) is 10.7. The van der Waals surface area contributed by atoms with E-state index in [2.05, 4.69) is 25.8 Å². The molecule has 2 heterocycles. The molecule has 4 aromatic rings. The third-order valence-electron chi connectivity index (χ3n) is 6.24. The fourth-order valence-electron chi connectivity index (χ4n) is 4.01. The number of aryl methyl sites for hydroxylation is 1. The average Bonchev–Trinajstić information content (AvgIpc) is 3.57. The maximum absolute atomic E-state index is 13.3. The number of hydrogen-bond donors (Lipinski definition) is 3. The van der Waals surface area contributed by atoms with Crippen molar-refractivity contribution in [2.45, 2.75) is 66.2 Å². The number of benzene rings is 2. The van der Waals surface area contributed by atoms with E-state index in [1.807, 2.05) is 61.5 Å². The zero-order valence-electron chi connectivity index (χ0n) is 23.8. The number of anilines is 1. The van der Waals surface area contributed by atoms with Crippen molar-refractivity contribution in [2.24, 2.45) is 5.41 Å². The molecular weight excluding hydrogens is 542 g/mol. The summed E-state index contributed by atoms with van der Waals surface area (Å²) >= 11 is 1.24. The second kappa shape index (κ2) is 13.0. The maximum Gasteiger partial charge on any atom is 0.250 e. The highest BCUT2D eigenvalue weighted by Gasteiger charge is 2.32. The number of amides is 2. The minimum atomic E-state index is -1.26. The molecule has 0 aliphatic rings. The van der Waals surface area contributed by atoms with Crippen molar-refractivity contribution in [3.05, 3.63) is 66.1 Å². The van der Waals surface area contributed by atoms with Gasteiger partial charge in [-0.05, 0) is 29.5 Å². The van der Waals surface area contributed by atoms with Crippen molar-refractivity contribution >= 4 is 28.3 Å². The summed E-state index contributed by atoms with van der Waals surface area (Å²) < 4.78 is 11.4. The number of carbonyl (C=O) groups is 2. The van der Waals surface area contributed by atoms with E-state index in [1.165, 1.54) is 11.3 Å². The Morgan fingerprint density at radius 3 is 2.41 bits per heavy atom. The summed E-state index contributed by atoms with van der Waals surface area (Å²) in [5, 5.41) is 20.3. The molecule has 10 nitrogen and oxygen atoms in total. The van der Waals surface area contributed by atoms with Crippen LogP contribution >= 0.6 is 11.3 Å². The summed E-state index contributed by atoms with van der Waals surface area (Å²) in [6.07, 6.45) is -0.228. The predicted molar refractivity (Wildman–Crippen MR) is 157 cm³/mol. The van der Waals surface area contributed by atoms with E-state index in [-0.39, 0.29) is 5.82 Å². The Morgan fingerprint density at radius 2 is 1.76 bits per heavy atom. The first-order valence-electron chi connectivity index (χ1n) is 13.4. The van der Waals surface area contributed by atoms with Gasteiger partial charge in [-0.2, -0.15) is 4.98 Å². The first-order valence-corrected chi connectivity index (χ1v) is 14.3. The van der Waals surface area contributed by atoms with Crippen LogP contribution in [0.15, 0.2) is 59.1 Å². The van der Waals surface area contributed by atoms with Gasteiger partial charge in [0.25, 0.3) is 0 Å². The van der Waals surface area contributed by atoms with Crippen molar-refractivity contribution < 1.29 is 24.0 Å². The molecule has 0 aliphatic carbocycles. The van der Waals surface area contributed by atoms with Gasteiger partial charge in [-0.25, -0.2) is 4.98 Å². The molecule has 2 aromatic heterocycles. The van der Waals surface area contributed by atoms with E-state index in [4.69, 9.17) is 9.26 Å². The first kappa shape index (κ1) is 29.9. The predicted octanol–water partition coefficient (Wildman–Crippen LogP) is 5.38. The van der Waals surface area contributed by atoms with E-state index >= 15 is 0 Å². The Labute approximate surface area is 243 Å². The van der Waals surface area contributed by atoms with Gasteiger partial charge in [-0.3, -0.25) is 9.59 Å². The highest BCUT2D eigenvalue weighted by Crippen LogP contribution is 2.42. The number of aromatic nitrogens is 3. The number of aliphatic hydroxyl groups is 1. The van der Waals surface area contributed by atoms with Gasteiger partial charge in [-0.1, -0.05) is 93.1 Å². The van der Waals surface area contributed by atoms with E-state index in [9.17, 15) is 14.7 Å². The molecule has 0 saturated carbocycles. The maximum atomic E-state index is 13.3. The van der Waals surface area contributed by atoms with Crippen LogP contribution in [-0.2, 0) is 16.2 Å². The van der Waals surface area contributed by atoms with Gasteiger partial charge in [0.1, 0.15) is 30.2 Å². The van der Waals surface area contributed by atoms with Crippen LogP contribution < -0.4 is 15.4 Å². The molecule has 0 aliphatic heterocycles. The Hall–Kier alpha value is -4.09. The Morgan fingerprint density at radius 1 is 1.05 bits per heavy atom. The lowest BCUT2D eigenvalue weighted by Gasteiger charge is -2.26. The number of rotatable bonds is 11. The summed E-state index contributed by atoms with van der Waals surface area (Å²) in [6.45, 7) is 9.24. The van der Waals surface area contributed by atoms with Crippen molar-refractivity contribution in [2.75, 3.05) is 5.32 Å². The van der Waals surface area contributed by atoms with Gasteiger partial charge in [-0.15, -0.1) is 0 Å². The molecule has 41 heavy (non-hydrogen) atoms. The quantitative estimate of drug-likeness (QED) is 0.216. The van der Waals surface area contributed by atoms with E-state index in [1.54, 1.807) is 27.7 Å². The van der Waals surface area contributed by atoms with Crippen LogP contribution in [0.5, 0.6) is 5.75 Å². The van der Waals surface area contributed by atoms with Crippen molar-refractivity contribution in [3.63, 3.8) is 0 Å². The van der Waals surface area contributed by atoms with Gasteiger partial charge < -0.3 is 25.0 Å². The fourth-order valence-corrected chi connectivity index (χ4v) is 5.01. The highest BCUT2D eigenvalue weighted by atomic mass is 32.1. The molecule has 2 atom stereocenters. The van der Waals surface area contributed by atoms with Crippen LogP contribution in [0.25, 0.3) is 22.0 Å². The van der Waals surface area contributed by atoms with Crippen molar-refractivity contribution in [1.29, 1.82) is 0 Å². The molecule has 0 saturated heterocycles. The van der Waals surface area contributed by atoms with E-state index in [0.29, 0.717) is 46.8 Å². The van der Waals surface area contributed by atoms with Gasteiger partial charge in [0.15, 0.2) is 5.13 Å². The zero-order valence-corrected chi connectivity index (χ0v) is 24.6. The third-order valence-corrected chi connectivity index (χ3v) is 7.25. The summed E-state index contributed by atoms with van der Waals surface area (Å²) in [5.74, 6) is 0.246. The van der Waals surface area contributed by atoms with Crippen LogP contribution in [0, 0.1) is 12.3 Å². The average molecular weight is 578 g/mol. The fraction of sp³-hybridized carbons (Fsp3) is 0.367. The normalized spacial score (nSPS) is 12.9. The molecule has 11 heteroatoms. The number of nitrogens with zero attached hydrogens (tertiary/aromatic N) is 3. The highest BCUT2D eigenvalue weighted by molar-refractivity contribution is 7.19. The Kier molecular flexibility index (Phi) is 9.51. The zero-order chi connectivity index (χ0) is 29.6. The molecule has 2 aromatic carbocycles. The summed E-state index contributed by atoms with van der Waals surface area (Å²) in [4.78, 5) is 35.7. The van der Waals surface area contributed by atoms with Gasteiger partial charge in [0.2, 0.25) is 23.5 Å². The molecule has 0 bridgehead atoms. The number of para-hydroxylation sites is 1. The Balaban J connectivity index is 1.63. The molecule has 0 unspecified atom stereocenters. The standard InChI is InChI=1S/C30H35N5O5S/c1-6-12-21(32-28(38)25(36)30(3,4)5)27(37)34-29-33-23(26-31-18(2)40-35-26)24(41-29)20-15-10-11-16-22(20)39-17-19-13-8-7-9-14-19/h7-11,13-16,21,25,36H,6,12,17H2,1-5H3,(H,32,38)(H,33,34,37)/t21-,25+/m0/s1. The summed E-state index contributed by atoms with van der Waals surface area (Å²) in [5.41, 5.74) is 1.53. The van der Waals surface area contributed by atoms with Gasteiger partial charge in [0, 0.05) is 12.5 Å². The molecule has 4 rings (SSSR count). The van der Waals surface area contributed by atoms with Crippen LogP contribution in [0.1, 0.15) is 52.0 Å². The minimum absolute atomic E-state index is 0.277. The SMILES string of the molecule is CCC[C@H](NC(=O)[C@@H](O)C(C)(C)C)C(=O)Nc1nc(-c2noc(C)n2)c(-c2ccccc2OCc2ccccc2)s1. The smallest absolute Gasteiger partial charge is 0.250 e. The van der Waals surface area contributed by atoms with Crippen LogP contribution in [0.4, 0.5) is 5.13 Å². The summed E-state index contributed by atoms with van der Waals surface area (Å²) in [6, 6.07) is 16.5. The third kappa shape index (κ3) is 7.56. The first-order chi connectivity index (χ1) is 19.6. The number of carbonyl (C=O) groups excluding carboxylic acids is 2. The number of thiazole rings is 1. The largest absolute Gasteiger partial charge is 0.488 e. The minimum Gasteiger partial charge on any atom is -0.488 e. The summed E-state index contributed by atoms with van der Waals surface area (Å²) in [7, 11) is 0. The molecule has 0 fully saturated rings. The van der Waals surface area contributed by atoms with Crippen LogP contribution in [0.3, 0.4) is 0 Å². The second-order valence-corrected chi connectivity index (χ2v) is 11.7. The number of nitrogens with one attached hydrogen (secondary N) is 2. The lowest BCUT2D eigenvalue weighted by molar-refractivity contribution is -0.137. The molecule has 216 valence electrons. The van der Waals surface area contributed by atoms with Crippen LogP contribution in [-0.4, -0.2) is 44.2 Å². The molecule has 3 N–H and O–H groups in total. The van der Waals surface area contributed by atoms with E-state index < -0.39 is 29.4 Å². The monoisotopic (exact) mass is 577 g/mol. The van der Waals surface area contributed by atoms with Crippen molar-refractivity contribution in [3.8, 4) is 27.7 Å². The van der Waals surface area contributed by atoms with Gasteiger partial charge >= 0.3 is 0 Å². The lowest BCUT2D eigenvalue weighted by atomic mass is 9.88. The number of aliphatic hydroxyl groups excluding tert-OH is 1. The molecule has 0 radical (unpaired) electrons. The van der Waals surface area contributed by atoms with Crippen molar-refractivity contribution in [1.82, 2.24) is 20.4 Å². The topological polar surface area (TPSA) is 139 Å². The number of ether oxygens (including phenoxy) is 1. The molecule has 0 spiro atoms. The molecule has 2 amide bonds. The number of hydrogen-bond acceptors (Lipinski definition) is 9. The van der Waals surface area contributed by atoms with Gasteiger partial charge in [0.05, 0.1) is 4.88 Å². The lowest BCUT2D eigenvalue weighted by Crippen LogP contribution is -2.50. The van der Waals surface area contributed by atoms with Crippen LogP contribution in [0.2, 0.25) is 0 Å².